The van der Waals surface area contributed by atoms with E-state index in [-0.39, 0.29) is 18.8 Å². The van der Waals surface area contributed by atoms with E-state index in [4.69, 9.17) is 9.84 Å². The molecule has 0 aliphatic rings. The van der Waals surface area contributed by atoms with Gasteiger partial charge >= 0.3 is 5.97 Å². The Labute approximate surface area is 174 Å². The van der Waals surface area contributed by atoms with Gasteiger partial charge in [-0.25, -0.2) is 4.39 Å². The first-order chi connectivity index (χ1) is 14.4. The van der Waals surface area contributed by atoms with E-state index in [1.807, 2.05) is 19.9 Å². The second-order valence-corrected chi connectivity index (χ2v) is 7.00. The Hall–Kier alpha value is -3.19. The second kappa shape index (κ2) is 9.54. The lowest BCUT2D eigenvalue weighted by molar-refractivity contribution is -0.136. The van der Waals surface area contributed by atoms with Gasteiger partial charge in [-0.05, 0) is 61.4 Å². The van der Waals surface area contributed by atoms with Crippen molar-refractivity contribution in [3.8, 4) is 28.3 Å². The lowest BCUT2D eigenvalue weighted by Crippen LogP contribution is -2.16. The van der Waals surface area contributed by atoms with Crippen LogP contribution < -0.4 is 4.74 Å². The Balaban J connectivity index is 2.12. The minimum Gasteiger partial charge on any atom is -0.493 e. The predicted molar refractivity (Wildman–Crippen MR) is 112 cm³/mol. The summed E-state index contributed by atoms with van der Waals surface area (Å²) in [6, 6.07) is 13.2. The lowest BCUT2D eigenvalue weighted by atomic mass is 10.0. The normalized spacial score (nSPS) is 12.0. The van der Waals surface area contributed by atoms with Crippen molar-refractivity contribution in [1.29, 1.82) is 0 Å². The van der Waals surface area contributed by atoms with Gasteiger partial charge in [0.25, 0.3) is 0 Å². The molecule has 0 bridgehead atoms. The van der Waals surface area contributed by atoms with Crippen LogP contribution in [0.3, 0.4) is 0 Å². The number of rotatable bonds is 9. The molecule has 3 aromatic rings. The zero-order valence-electron chi connectivity index (χ0n) is 17.0. The predicted octanol–water partition coefficient (Wildman–Crippen LogP) is 4.15. The van der Waals surface area contributed by atoms with Crippen LogP contribution in [0.5, 0.6) is 5.75 Å². The summed E-state index contributed by atoms with van der Waals surface area (Å²) in [5.41, 5.74) is 3.38. The first-order valence-corrected chi connectivity index (χ1v) is 9.91. The molecule has 0 saturated heterocycles. The summed E-state index contributed by atoms with van der Waals surface area (Å²) >= 11 is 0. The first-order valence-electron chi connectivity index (χ1n) is 9.91. The summed E-state index contributed by atoms with van der Waals surface area (Å²) < 4.78 is 20.8. The molecule has 0 unspecified atom stereocenters. The number of aromatic nitrogens is 2. The van der Waals surface area contributed by atoms with Gasteiger partial charge in [-0.15, -0.1) is 0 Å². The highest BCUT2D eigenvalue weighted by atomic mass is 19.1. The number of hydrogen-bond acceptors (Lipinski definition) is 4. The van der Waals surface area contributed by atoms with Crippen molar-refractivity contribution >= 4 is 5.97 Å². The van der Waals surface area contributed by atoms with Crippen LogP contribution in [0.1, 0.15) is 25.8 Å². The van der Waals surface area contributed by atoms with Crippen LogP contribution in [0.15, 0.2) is 48.5 Å². The van der Waals surface area contributed by atoms with Crippen molar-refractivity contribution in [1.82, 2.24) is 9.78 Å². The van der Waals surface area contributed by atoms with Crippen molar-refractivity contribution in [2.75, 3.05) is 6.61 Å². The van der Waals surface area contributed by atoms with Crippen molar-refractivity contribution in [3.63, 3.8) is 0 Å². The van der Waals surface area contributed by atoms with Crippen LogP contribution in [-0.2, 0) is 17.8 Å². The molecule has 1 aromatic heterocycles. The molecule has 1 heterocycles. The topological polar surface area (TPSA) is 84.6 Å². The van der Waals surface area contributed by atoms with Gasteiger partial charge in [-0.2, -0.15) is 5.10 Å². The van der Waals surface area contributed by atoms with Crippen LogP contribution in [0.4, 0.5) is 4.39 Å². The number of carboxylic acids is 1. The number of nitrogens with zero attached hydrogens (tertiary/aromatic N) is 2. The van der Waals surface area contributed by atoms with Crippen LogP contribution >= 0.6 is 0 Å². The van der Waals surface area contributed by atoms with E-state index in [0.29, 0.717) is 35.6 Å². The maximum Gasteiger partial charge on any atom is 0.307 e. The van der Waals surface area contributed by atoms with Crippen LogP contribution in [0, 0.1) is 5.82 Å². The van der Waals surface area contributed by atoms with E-state index in [2.05, 4.69) is 5.10 Å². The van der Waals surface area contributed by atoms with E-state index in [0.717, 1.165) is 11.3 Å². The molecule has 3 rings (SSSR count). The van der Waals surface area contributed by atoms with Gasteiger partial charge < -0.3 is 14.9 Å². The fourth-order valence-electron chi connectivity index (χ4n) is 3.21. The molecule has 2 aromatic carbocycles. The average molecular weight is 412 g/mol. The van der Waals surface area contributed by atoms with Crippen molar-refractivity contribution in [2.45, 2.75) is 39.3 Å². The maximum absolute atomic E-state index is 13.4. The van der Waals surface area contributed by atoms with Gasteiger partial charge in [0, 0.05) is 11.1 Å². The molecule has 0 fully saturated rings. The molecule has 6 nitrogen and oxygen atoms in total. The van der Waals surface area contributed by atoms with E-state index in [9.17, 15) is 14.3 Å². The number of halogens is 1. The van der Waals surface area contributed by atoms with Crippen LogP contribution in [0.25, 0.3) is 22.5 Å². The summed E-state index contributed by atoms with van der Waals surface area (Å²) in [6.45, 7) is 4.48. The van der Waals surface area contributed by atoms with Gasteiger partial charge in [-0.1, -0.05) is 13.0 Å². The molecule has 0 spiro atoms. The Kier molecular flexibility index (Phi) is 6.84. The standard InChI is InChI=1S/C23H25FN2O4/c1-3-18(27)14-26-21(16-6-8-17(24)9-7-16)13-20(25-26)19-11-15(12-23(28)29)5-10-22(19)30-4-2/h5-11,13,18,27H,3-4,12,14H2,1-2H3,(H,28,29)/t18-/m1/s1. The molecule has 1 atom stereocenters. The third-order valence-corrected chi connectivity index (χ3v) is 4.75. The number of aliphatic hydroxyl groups excluding tert-OH is 1. The van der Waals surface area contributed by atoms with Crippen LogP contribution in [0.2, 0.25) is 0 Å². The minimum absolute atomic E-state index is 0.112. The Morgan fingerprint density at radius 3 is 2.53 bits per heavy atom. The van der Waals surface area contributed by atoms with Gasteiger partial charge in [0.15, 0.2) is 0 Å². The van der Waals surface area contributed by atoms with Crippen molar-refractivity contribution in [2.24, 2.45) is 0 Å². The van der Waals surface area contributed by atoms with Gasteiger partial charge in [0.2, 0.25) is 0 Å². The molecule has 2 N–H and O–H groups in total. The smallest absolute Gasteiger partial charge is 0.307 e. The van der Waals surface area contributed by atoms with E-state index >= 15 is 0 Å². The third kappa shape index (κ3) is 5.04. The zero-order valence-corrected chi connectivity index (χ0v) is 17.0. The minimum atomic E-state index is -0.922. The molecular weight excluding hydrogens is 387 g/mol. The Bertz CT molecular complexity index is 1010. The van der Waals surface area contributed by atoms with E-state index in [1.54, 1.807) is 35.0 Å². The Morgan fingerprint density at radius 1 is 1.17 bits per heavy atom. The quantitative estimate of drug-likeness (QED) is 0.551. The van der Waals surface area contributed by atoms with E-state index < -0.39 is 12.1 Å². The molecule has 7 heteroatoms. The average Bonchev–Trinajstić information content (AvgIpc) is 3.13. The largest absolute Gasteiger partial charge is 0.493 e. The van der Waals surface area contributed by atoms with Crippen molar-refractivity contribution < 1.29 is 24.1 Å². The number of benzene rings is 2. The summed E-state index contributed by atoms with van der Waals surface area (Å²) in [5, 5.41) is 24.0. The Morgan fingerprint density at radius 2 is 1.90 bits per heavy atom. The molecule has 0 aliphatic carbocycles. The number of ether oxygens (including phenoxy) is 1. The molecule has 0 radical (unpaired) electrons. The second-order valence-electron chi connectivity index (χ2n) is 7.00. The lowest BCUT2D eigenvalue weighted by Gasteiger charge is -2.12. The molecular formula is C23H25FN2O4. The zero-order chi connectivity index (χ0) is 21.7. The number of hydrogen-bond donors (Lipinski definition) is 2. The summed E-state index contributed by atoms with van der Waals surface area (Å²) in [6.07, 6.45) is -0.128. The van der Waals surface area contributed by atoms with Gasteiger partial charge in [0.1, 0.15) is 11.6 Å². The molecule has 0 saturated carbocycles. The number of aliphatic hydroxyl groups is 1. The van der Waals surface area contributed by atoms with Crippen molar-refractivity contribution in [3.05, 3.63) is 59.9 Å². The van der Waals surface area contributed by atoms with E-state index in [1.165, 1.54) is 12.1 Å². The molecule has 158 valence electrons. The molecule has 0 amide bonds. The monoisotopic (exact) mass is 412 g/mol. The highest BCUT2D eigenvalue weighted by Crippen LogP contribution is 2.34. The summed E-state index contributed by atoms with van der Waals surface area (Å²) in [4.78, 5) is 11.1. The number of carboxylic acid groups (broad SMARTS) is 1. The van der Waals surface area contributed by atoms with Crippen LogP contribution in [-0.4, -0.2) is 38.7 Å². The number of carbonyl (C=O) groups is 1. The SMILES string of the molecule is CCOc1ccc(CC(=O)O)cc1-c1cc(-c2ccc(F)cc2)n(C[C@H](O)CC)n1. The summed E-state index contributed by atoms with van der Waals surface area (Å²) in [7, 11) is 0. The van der Waals surface area contributed by atoms with Gasteiger partial charge in [0.05, 0.1) is 37.1 Å². The number of aliphatic carboxylic acids is 1. The fraction of sp³-hybridized carbons (Fsp3) is 0.304. The molecule has 30 heavy (non-hydrogen) atoms. The highest BCUT2D eigenvalue weighted by Gasteiger charge is 2.18. The first kappa shape index (κ1) is 21.5. The fourth-order valence-corrected chi connectivity index (χ4v) is 3.21. The third-order valence-electron chi connectivity index (χ3n) is 4.75. The molecule has 0 aliphatic heterocycles. The maximum atomic E-state index is 13.4. The summed E-state index contributed by atoms with van der Waals surface area (Å²) in [5.74, 6) is -0.662. The van der Waals surface area contributed by atoms with Gasteiger partial charge in [-0.3, -0.25) is 9.48 Å². The highest BCUT2D eigenvalue weighted by molar-refractivity contribution is 5.76.